The molecule has 0 aliphatic carbocycles. The number of benzene rings is 1. The summed E-state index contributed by atoms with van der Waals surface area (Å²) in [4.78, 5) is 35.3. The van der Waals surface area contributed by atoms with Gasteiger partial charge in [0.05, 0.1) is 6.20 Å². The molecular formula is C17H17BrN4O3. The zero-order valence-corrected chi connectivity index (χ0v) is 15.0. The zero-order valence-electron chi connectivity index (χ0n) is 13.4. The molecule has 1 aromatic carbocycles. The van der Waals surface area contributed by atoms with E-state index >= 15 is 0 Å². The van der Waals surface area contributed by atoms with Crippen molar-refractivity contribution in [2.75, 3.05) is 24.5 Å². The maximum atomic E-state index is 13.0. The Bertz CT molecular complexity index is 754. The van der Waals surface area contributed by atoms with Crippen LogP contribution in [-0.2, 0) is 0 Å². The Kier molecular flexibility index (Phi) is 5.28. The molecule has 1 aliphatic heterocycles. The van der Waals surface area contributed by atoms with Crippen LogP contribution in [0.2, 0.25) is 0 Å². The van der Waals surface area contributed by atoms with Gasteiger partial charge < -0.3 is 10.0 Å². The molecule has 1 fully saturated rings. The van der Waals surface area contributed by atoms with E-state index in [1.54, 1.807) is 29.4 Å². The van der Waals surface area contributed by atoms with Gasteiger partial charge in [-0.05, 0) is 36.6 Å². The highest BCUT2D eigenvalue weighted by Gasteiger charge is 2.30. The van der Waals surface area contributed by atoms with Crippen molar-refractivity contribution in [2.45, 2.75) is 6.42 Å². The molecule has 8 heteroatoms. The average Bonchev–Trinajstić information content (AvgIpc) is 3.09. The summed E-state index contributed by atoms with van der Waals surface area (Å²) >= 11 is 3.36. The predicted molar refractivity (Wildman–Crippen MR) is 95.6 cm³/mol. The predicted octanol–water partition coefficient (Wildman–Crippen LogP) is 2.89. The van der Waals surface area contributed by atoms with Crippen LogP contribution in [0.4, 0.5) is 10.6 Å². The first kappa shape index (κ1) is 17.3. The van der Waals surface area contributed by atoms with Crippen LogP contribution < -0.4 is 4.90 Å². The van der Waals surface area contributed by atoms with Gasteiger partial charge in [-0.3, -0.25) is 14.7 Å². The van der Waals surface area contributed by atoms with Gasteiger partial charge in [-0.25, -0.2) is 9.78 Å². The lowest BCUT2D eigenvalue weighted by Gasteiger charge is -2.24. The molecule has 1 saturated heterocycles. The third-order valence-electron chi connectivity index (χ3n) is 4.16. The van der Waals surface area contributed by atoms with Gasteiger partial charge in [0.15, 0.2) is 5.82 Å². The van der Waals surface area contributed by atoms with Crippen molar-refractivity contribution < 1.29 is 14.7 Å². The molecule has 0 spiro atoms. The van der Waals surface area contributed by atoms with Crippen LogP contribution in [-0.4, -0.2) is 51.6 Å². The van der Waals surface area contributed by atoms with Crippen molar-refractivity contribution in [3.05, 3.63) is 52.9 Å². The Morgan fingerprint density at radius 2 is 2.04 bits per heavy atom. The molecule has 2 heterocycles. The maximum absolute atomic E-state index is 13.0. The van der Waals surface area contributed by atoms with E-state index in [0.29, 0.717) is 31.0 Å². The van der Waals surface area contributed by atoms with Gasteiger partial charge in [0.25, 0.3) is 5.91 Å². The van der Waals surface area contributed by atoms with Crippen LogP contribution in [0.5, 0.6) is 0 Å². The Morgan fingerprint density at radius 1 is 1.28 bits per heavy atom. The monoisotopic (exact) mass is 404 g/mol. The minimum absolute atomic E-state index is 0.0671. The van der Waals surface area contributed by atoms with Crippen molar-refractivity contribution >= 4 is 33.7 Å². The van der Waals surface area contributed by atoms with Gasteiger partial charge in [-0.1, -0.05) is 15.9 Å². The first-order chi connectivity index (χ1) is 12.0. The van der Waals surface area contributed by atoms with E-state index in [2.05, 4.69) is 25.9 Å². The second-order valence-electron chi connectivity index (χ2n) is 5.87. The summed E-state index contributed by atoms with van der Waals surface area (Å²) in [5.41, 5.74) is 0.543. The Morgan fingerprint density at radius 3 is 2.64 bits per heavy atom. The van der Waals surface area contributed by atoms with E-state index in [0.717, 1.165) is 10.9 Å². The van der Waals surface area contributed by atoms with Crippen molar-refractivity contribution in [2.24, 2.45) is 5.92 Å². The smallest absolute Gasteiger partial charge is 0.407 e. The zero-order chi connectivity index (χ0) is 17.8. The fraction of sp³-hybridized carbons (Fsp3) is 0.294. The number of anilines is 1. The molecule has 0 unspecified atom stereocenters. The number of likely N-dealkylation sites (tertiary alicyclic amines) is 1. The van der Waals surface area contributed by atoms with Gasteiger partial charge in [-0.15, -0.1) is 0 Å². The molecule has 3 rings (SSSR count). The molecule has 1 aromatic heterocycles. The van der Waals surface area contributed by atoms with Crippen molar-refractivity contribution in [1.29, 1.82) is 0 Å². The number of rotatable bonds is 4. The molecular weight excluding hydrogens is 388 g/mol. The van der Waals surface area contributed by atoms with E-state index < -0.39 is 6.09 Å². The third-order valence-corrected chi connectivity index (χ3v) is 4.69. The molecule has 2 aromatic rings. The number of hydrogen-bond donors (Lipinski definition) is 1. The van der Waals surface area contributed by atoms with Crippen molar-refractivity contribution in [1.82, 2.24) is 14.9 Å². The summed E-state index contributed by atoms with van der Waals surface area (Å²) < 4.78 is 0.892. The largest absolute Gasteiger partial charge is 0.465 e. The van der Waals surface area contributed by atoms with Gasteiger partial charge in [0.1, 0.15) is 0 Å². The minimum atomic E-state index is -0.923. The normalized spacial score (nSPS) is 16.7. The molecule has 7 nitrogen and oxygen atoms in total. The maximum Gasteiger partial charge on any atom is 0.407 e. The van der Waals surface area contributed by atoms with Crippen LogP contribution in [0.25, 0.3) is 0 Å². The summed E-state index contributed by atoms with van der Waals surface area (Å²) in [7, 11) is 0. The number of carbonyl (C=O) groups is 2. The molecule has 0 radical (unpaired) electrons. The van der Waals surface area contributed by atoms with E-state index in [4.69, 9.17) is 5.11 Å². The van der Waals surface area contributed by atoms with Crippen molar-refractivity contribution in [3.8, 4) is 0 Å². The lowest BCUT2D eigenvalue weighted by atomic mass is 10.1. The lowest BCUT2D eigenvalue weighted by Crippen LogP contribution is -2.37. The molecule has 130 valence electrons. The minimum Gasteiger partial charge on any atom is -0.465 e. The number of amides is 2. The number of hydrogen-bond acceptors (Lipinski definition) is 4. The van der Waals surface area contributed by atoms with E-state index in [1.165, 1.54) is 11.1 Å². The summed E-state index contributed by atoms with van der Waals surface area (Å²) in [6.45, 7) is 1.30. The molecule has 1 aliphatic rings. The van der Waals surface area contributed by atoms with E-state index in [1.807, 2.05) is 12.1 Å². The quantitative estimate of drug-likeness (QED) is 0.846. The highest BCUT2D eigenvalue weighted by Crippen LogP contribution is 2.22. The Labute approximate surface area is 153 Å². The number of aromatic nitrogens is 2. The Hall–Kier alpha value is -2.48. The van der Waals surface area contributed by atoms with Gasteiger partial charge in [0.2, 0.25) is 0 Å². The molecule has 1 N–H and O–H groups in total. The molecule has 2 amide bonds. The van der Waals surface area contributed by atoms with Crippen LogP contribution in [0.15, 0.2) is 47.3 Å². The van der Waals surface area contributed by atoms with Crippen LogP contribution in [0.1, 0.15) is 16.8 Å². The molecule has 1 atom stereocenters. The summed E-state index contributed by atoms with van der Waals surface area (Å²) in [5.74, 6) is 0.350. The van der Waals surface area contributed by atoms with E-state index in [-0.39, 0.29) is 11.8 Å². The molecule has 25 heavy (non-hydrogen) atoms. The third kappa shape index (κ3) is 4.14. The fourth-order valence-electron chi connectivity index (χ4n) is 2.87. The molecule has 0 saturated carbocycles. The topological polar surface area (TPSA) is 86.6 Å². The number of nitrogens with zero attached hydrogens (tertiary/aromatic N) is 4. The second kappa shape index (κ2) is 7.60. The fourth-order valence-corrected chi connectivity index (χ4v) is 3.14. The number of halogens is 1. The second-order valence-corrected chi connectivity index (χ2v) is 6.79. The highest BCUT2D eigenvalue weighted by molar-refractivity contribution is 9.10. The summed E-state index contributed by atoms with van der Waals surface area (Å²) in [5, 5.41) is 9.11. The summed E-state index contributed by atoms with van der Waals surface area (Å²) in [6.07, 6.45) is 4.42. The summed E-state index contributed by atoms with van der Waals surface area (Å²) in [6, 6.07) is 7.11. The van der Waals surface area contributed by atoms with Crippen molar-refractivity contribution in [3.63, 3.8) is 0 Å². The highest BCUT2D eigenvalue weighted by atomic mass is 79.9. The Balaban J connectivity index is 1.82. The van der Waals surface area contributed by atoms with Gasteiger partial charge in [-0.2, -0.15) is 0 Å². The van der Waals surface area contributed by atoms with Crippen LogP contribution >= 0.6 is 15.9 Å². The average molecular weight is 405 g/mol. The first-order valence-electron chi connectivity index (χ1n) is 7.86. The van der Waals surface area contributed by atoms with Crippen LogP contribution in [0.3, 0.4) is 0 Å². The van der Waals surface area contributed by atoms with Crippen LogP contribution in [0, 0.1) is 5.92 Å². The van der Waals surface area contributed by atoms with Gasteiger partial charge in [0, 0.05) is 42.1 Å². The lowest BCUT2D eigenvalue weighted by molar-refractivity contribution is 0.0982. The number of carbonyl (C=O) groups excluding carboxylic acids is 1. The van der Waals surface area contributed by atoms with E-state index in [9.17, 15) is 9.59 Å². The number of carboxylic acid groups (broad SMARTS) is 1. The SMILES string of the molecule is O=C(O)N1CC[C@@H](CN(C(=O)c2ccc(Br)cc2)c2cnccn2)C1. The first-order valence-corrected chi connectivity index (χ1v) is 8.65. The molecule has 0 bridgehead atoms. The van der Waals surface area contributed by atoms with Gasteiger partial charge >= 0.3 is 6.09 Å². The standard InChI is InChI=1S/C17H17BrN4O3/c18-14-3-1-13(2-4-14)16(23)22(15-9-19-6-7-20-15)11-12-5-8-21(10-12)17(24)25/h1-4,6-7,9,12H,5,8,10-11H2,(H,24,25)/t12-/m1/s1.